The summed E-state index contributed by atoms with van der Waals surface area (Å²) in [6, 6.07) is 10.3. The van der Waals surface area contributed by atoms with Gasteiger partial charge >= 0.3 is 0 Å². The lowest BCUT2D eigenvalue weighted by atomic mass is 10.2. The van der Waals surface area contributed by atoms with Crippen molar-refractivity contribution in [3.8, 4) is 0 Å². The molecule has 5 heteroatoms. The highest BCUT2D eigenvalue weighted by molar-refractivity contribution is 7.80. The summed E-state index contributed by atoms with van der Waals surface area (Å²) in [7, 11) is 1.94. The van der Waals surface area contributed by atoms with Gasteiger partial charge in [-0.25, -0.2) is 0 Å². The zero-order valence-electron chi connectivity index (χ0n) is 12.8. The molecule has 0 amide bonds. The molecule has 0 unspecified atom stereocenters. The number of anilines is 2. The van der Waals surface area contributed by atoms with E-state index in [0.29, 0.717) is 4.99 Å². The van der Waals surface area contributed by atoms with Crippen molar-refractivity contribution in [3.05, 3.63) is 41.6 Å². The van der Waals surface area contributed by atoms with Gasteiger partial charge in [-0.15, -0.1) is 0 Å². The molecular weight excluding hydrogens is 280 g/mol. The Morgan fingerprint density at radius 1 is 1.33 bits per heavy atom. The average molecular weight is 302 g/mol. The van der Waals surface area contributed by atoms with Gasteiger partial charge in [-0.05, 0) is 25.5 Å². The highest BCUT2D eigenvalue weighted by Crippen LogP contribution is 2.30. The van der Waals surface area contributed by atoms with Crippen LogP contribution in [0.4, 0.5) is 11.5 Å². The molecule has 0 aliphatic carbocycles. The molecular formula is C16H22N4S. The molecule has 1 heterocycles. The molecule has 0 radical (unpaired) electrons. The predicted molar refractivity (Wildman–Crippen MR) is 92.2 cm³/mol. The minimum atomic E-state index is 0.396. The molecule has 0 atom stereocenters. The number of nitrogens with two attached hydrogens (primary N) is 1. The number of nitrogens with zero attached hydrogens (tertiary/aromatic N) is 3. The molecule has 1 aromatic heterocycles. The molecule has 0 bridgehead atoms. The number of unbranched alkanes of at least 4 members (excludes halogenated alkanes) is 1. The Morgan fingerprint density at radius 3 is 2.57 bits per heavy atom. The Balaban J connectivity index is 2.54. The molecule has 4 nitrogen and oxygen atoms in total. The maximum atomic E-state index is 5.92. The summed E-state index contributed by atoms with van der Waals surface area (Å²) in [5.41, 5.74) is 8.80. The first-order valence-electron chi connectivity index (χ1n) is 7.22. The van der Waals surface area contributed by atoms with E-state index in [1.54, 1.807) is 0 Å². The largest absolute Gasteiger partial charge is 0.389 e. The van der Waals surface area contributed by atoms with E-state index in [1.807, 2.05) is 36.9 Å². The van der Waals surface area contributed by atoms with Gasteiger partial charge in [0.1, 0.15) is 10.8 Å². The summed E-state index contributed by atoms with van der Waals surface area (Å²) in [6.45, 7) is 5.04. The van der Waals surface area contributed by atoms with Gasteiger partial charge in [-0.1, -0.05) is 43.8 Å². The summed E-state index contributed by atoms with van der Waals surface area (Å²) in [6.07, 6.45) is 2.22. The quantitative estimate of drug-likeness (QED) is 0.832. The number of benzene rings is 1. The van der Waals surface area contributed by atoms with Gasteiger partial charge < -0.3 is 10.6 Å². The molecule has 0 fully saturated rings. The van der Waals surface area contributed by atoms with E-state index in [9.17, 15) is 0 Å². The molecule has 2 aromatic rings. The molecule has 0 saturated heterocycles. The lowest BCUT2D eigenvalue weighted by Gasteiger charge is -2.26. The Kier molecular flexibility index (Phi) is 4.96. The van der Waals surface area contributed by atoms with Crippen molar-refractivity contribution in [2.75, 3.05) is 11.4 Å². The summed E-state index contributed by atoms with van der Waals surface area (Å²) < 4.78 is 1.87. The fourth-order valence-electron chi connectivity index (χ4n) is 2.53. The lowest BCUT2D eigenvalue weighted by Crippen LogP contribution is -2.24. The van der Waals surface area contributed by atoms with Crippen LogP contribution in [0.3, 0.4) is 0 Å². The molecule has 2 N–H and O–H groups in total. The molecule has 21 heavy (non-hydrogen) atoms. The number of rotatable bonds is 6. The van der Waals surface area contributed by atoms with Crippen LogP contribution in [-0.4, -0.2) is 21.3 Å². The molecule has 1 aromatic carbocycles. The lowest BCUT2D eigenvalue weighted by molar-refractivity contribution is 0.716. The first-order chi connectivity index (χ1) is 10.1. The van der Waals surface area contributed by atoms with Crippen LogP contribution in [-0.2, 0) is 7.05 Å². The molecule has 2 rings (SSSR count). The highest BCUT2D eigenvalue weighted by atomic mass is 32.1. The average Bonchev–Trinajstić information content (AvgIpc) is 2.75. The minimum Gasteiger partial charge on any atom is -0.389 e. The molecule has 0 aliphatic rings. The maximum Gasteiger partial charge on any atom is 0.141 e. The molecule has 0 aliphatic heterocycles. The summed E-state index contributed by atoms with van der Waals surface area (Å²) in [5, 5.41) is 4.49. The van der Waals surface area contributed by atoms with Crippen molar-refractivity contribution in [2.24, 2.45) is 12.8 Å². The van der Waals surface area contributed by atoms with E-state index in [0.717, 1.165) is 42.1 Å². The topological polar surface area (TPSA) is 47.1 Å². The van der Waals surface area contributed by atoms with Gasteiger partial charge in [-0.2, -0.15) is 5.10 Å². The summed E-state index contributed by atoms with van der Waals surface area (Å²) in [5.74, 6) is 0.972. The van der Waals surface area contributed by atoms with Crippen molar-refractivity contribution in [3.63, 3.8) is 0 Å². The van der Waals surface area contributed by atoms with Gasteiger partial charge in [0.2, 0.25) is 0 Å². The Labute approximate surface area is 131 Å². The van der Waals surface area contributed by atoms with Crippen molar-refractivity contribution in [2.45, 2.75) is 26.7 Å². The summed E-state index contributed by atoms with van der Waals surface area (Å²) >= 11 is 5.23. The van der Waals surface area contributed by atoms with E-state index in [4.69, 9.17) is 18.0 Å². The Hall–Kier alpha value is -1.88. The number of hydrogen-bond acceptors (Lipinski definition) is 3. The monoisotopic (exact) mass is 302 g/mol. The van der Waals surface area contributed by atoms with Gasteiger partial charge in [0.15, 0.2) is 0 Å². The van der Waals surface area contributed by atoms with Crippen molar-refractivity contribution in [1.82, 2.24) is 9.78 Å². The zero-order valence-corrected chi connectivity index (χ0v) is 13.7. The van der Waals surface area contributed by atoms with Crippen LogP contribution in [0.1, 0.15) is 31.0 Å². The van der Waals surface area contributed by atoms with Crippen LogP contribution in [0.2, 0.25) is 0 Å². The fourth-order valence-corrected chi connectivity index (χ4v) is 2.76. The highest BCUT2D eigenvalue weighted by Gasteiger charge is 2.22. The Morgan fingerprint density at radius 2 is 2.00 bits per heavy atom. The fraction of sp³-hybridized carbons (Fsp3) is 0.375. The summed E-state index contributed by atoms with van der Waals surface area (Å²) in [4.78, 5) is 2.64. The third-order valence-corrected chi connectivity index (χ3v) is 3.70. The van der Waals surface area contributed by atoms with E-state index in [-0.39, 0.29) is 0 Å². The number of thiocarbonyl (C=S) groups is 1. The van der Waals surface area contributed by atoms with Gasteiger partial charge in [0.25, 0.3) is 0 Å². The number of aromatic nitrogens is 2. The first-order valence-corrected chi connectivity index (χ1v) is 7.63. The van der Waals surface area contributed by atoms with Gasteiger partial charge in [-0.3, -0.25) is 4.68 Å². The number of hydrogen-bond donors (Lipinski definition) is 1. The third-order valence-electron chi connectivity index (χ3n) is 3.50. The van der Waals surface area contributed by atoms with Crippen molar-refractivity contribution >= 4 is 28.7 Å². The SMILES string of the molecule is CCCCN(c1ccccc1)c1c(C(N)=S)c(C)nn1C. The van der Waals surface area contributed by atoms with E-state index < -0.39 is 0 Å². The standard InChI is InChI=1S/C16H22N4S/c1-4-5-11-20(13-9-7-6-8-10-13)16-14(15(17)21)12(2)18-19(16)3/h6-10H,4-5,11H2,1-3H3,(H2,17,21). The zero-order chi connectivity index (χ0) is 15.4. The second kappa shape index (κ2) is 6.72. The first kappa shape index (κ1) is 15.5. The van der Waals surface area contributed by atoms with Crippen LogP contribution < -0.4 is 10.6 Å². The smallest absolute Gasteiger partial charge is 0.141 e. The number of para-hydroxylation sites is 1. The maximum absolute atomic E-state index is 5.92. The number of aryl methyl sites for hydroxylation is 2. The second-order valence-electron chi connectivity index (χ2n) is 5.11. The van der Waals surface area contributed by atoms with Crippen molar-refractivity contribution in [1.29, 1.82) is 0 Å². The van der Waals surface area contributed by atoms with Crippen LogP contribution in [0.5, 0.6) is 0 Å². The molecule has 112 valence electrons. The van der Waals surface area contributed by atoms with Crippen molar-refractivity contribution < 1.29 is 0 Å². The van der Waals surface area contributed by atoms with E-state index in [1.165, 1.54) is 0 Å². The molecule has 0 saturated carbocycles. The predicted octanol–water partition coefficient (Wildman–Crippen LogP) is 3.30. The third kappa shape index (κ3) is 3.24. The molecule has 0 spiro atoms. The van der Waals surface area contributed by atoms with Crippen LogP contribution in [0.15, 0.2) is 30.3 Å². The second-order valence-corrected chi connectivity index (χ2v) is 5.55. The van der Waals surface area contributed by atoms with Crippen LogP contribution in [0, 0.1) is 6.92 Å². The normalized spacial score (nSPS) is 10.6. The van der Waals surface area contributed by atoms with Gasteiger partial charge in [0, 0.05) is 19.3 Å². The minimum absolute atomic E-state index is 0.396. The van der Waals surface area contributed by atoms with E-state index in [2.05, 4.69) is 29.1 Å². The van der Waals surface area contributed by atoms with Crippen LogP contribution in [0.25, 0.3) is 0 Å². The van der Waals surface area contributed by atoms with Gasteiger partial charge in [0.05, 0.1) is 11.3 Å². The van der Waals surface area contributed by atoms with E-state index >= 15 is 0 Å². The Bertz CT molecular complexity index is 619. The van der Waals surface area contributed by atoms with Crippen LogP contribution >= 0.6 is 12.2 Å².